The molecule has 1 aromatic heterocycles. The molecule has 0 amide bonds. The fraction of sp³-hybridized carbons (Fsp3) is 0.556. The molecule has 0 saturated heterocycles. The fourth-order valence-corrected chi connectivity index (χ4v) is 1.71. The zero-order chi connectivity index (χ0) is 10.6. The molecule has 0 aromatic carbocycles. The van der Waals surface area contributed by atoms with Crippen LogP contribution in [-0.2, 0) is 0 Å². The topological polar surface area (TPSA) is 35.0 Å². The molecule has 0 atom stereocenters. The molecule has 1 aromatic rings. The summed E-state index contributed by atoms with van der Waals surface area (Å²) in [6.45, 7) is 7.64. The Morgan fingerprint density at radius 2 is 2.07 bits per heavy atom. The van der Waals surface area contributed by atoms with Gasteiger partial charge >= 0.3 is 0 Å². The third kappa shape index (κ3) is 4.57. The molecule has 3 nitrogen and oxygen atoms in total. The van der Waals surface area contributed by atoms with E-state index in [0.29, 0.717) is 17.6 Å². The number of aromatic nitrogens is 2. The molecule has 1 heterocycles. The van der Waals surface area contributed by atoms with Crippen molar-refractivity contribution in [1.82, 2.24) is 9.97 Å². The van der Waals surface area contributed by atoms with Gasteiger partial charge in [0.2, 0.25) is 5.88 Å². The van der Waals surface area contributed by atoms with E-state index in [4.69, 9.17) is 16.3 Å². The average Bonchev–Trinajstić information content (AvgIpc) is 2.01. The second kappa shape index (κ2) is 4.75. The van der Waals surface area contributed by atoms with Crippen LogP contribution in [0.25, 0.3) is 0 Å². The van der Waals surface area contributed by atoms with Gasteiger partial charge in [0, 0.05) is 14.1 Å². The molecule has 0 saturated carbocycles. The zero-order valence-corrected chi connectivity index (χ0v) is 10.5. The Morgan fingerprint density at radius 1 is 1.36 bits per heavy atom. The van der Waals surface area contributed by atoms with Crippen LogP contribution in [0.3, 0.4) is 0 Å². The summed E-state index contributed by atoms with van der Waals surface area (Å²) < 4.78 is 5.46. The van der Waals surface area contributed by atoms with Crippen LogP contribution in [0.1, 0.15) is 0 Å². The van der Waals surface area contributed by atoms with E-state index in [9.17, 15) is 0 Å². The summed E-state index contributed by atoms with van der Waals surface area (Å²) in [6, 6.07) is 2.75. The van der Waals surface area contributed by atoms with E-state index in [0.717, 1.165) is 6.04 Å². The summed E-state index contributed by atoms with van der Waals surface area (Å²) in [5.74, 6) is 0.559. The van der Waals surface area contributed by atoms with Gasteiger partial charge in [0.25, 0.3) is 0 Å². The molecule has 78 valence electrons. The van der Waals surface area contributed by atoms with Crippen LogP contribution in [0, 0.1) is 0 Å². The van der Waals surface area contributed by atoms with Crippen molar-refractivity contribution in [3.8, 4) is 5.88 Å². The predicted molar refractivity (Wildman–Crippen MR) is 60.7 cm³/mol. The van der Waals surface area contributed by atoms with E-state index < -0.39 is 8.07 Å². The normalized spacial score (nSPS) is 11.4. The second-order valence-corrected chi connectivity index (χ2v) is 10.3. The average molecular weight is 231 g/mol. The largest absolute Gasteiger partial charge is 0.478 e. The lowest BCUT2D eigenvalue weighted by molar-refractivity contribution is 0.324. The monoisotopic (exact) mass is 230 g/mol. The maximum absolute atomic E-state index is 5.69. The molecule has 0 fully saturated rings. The summed E-state index contributed by atoms with van der Waals surface area (Å²) in [6.07, 6.45) is 1.41. The van der Waals surface area contributed by atoms with Crippen molar-refractivity contribution in [2.75, 3.05) is 6.61 Å². The molecule has 14 heavy (non-hydrogen) atoms. The van der Waals surface area contributed by atoms with E-state index in [-0.39, 0.29) is 0 Å². The summed E-state index contributed by atoms with van der Waals surface area (Å²) in [7, 11) is -1.03. The highest BCUT2D eigenvalue weighted by atomic mass is 35.5. The Balaban J connectivity index is 2.39. The summed E-state index contributed by atoms with van der Waals surface area (Å²) in [5, 5.41) is 0.419. The van der Waals surface area contributed by atoms with Gasteiger partial charge in [-0.05, 0) is 6.04 Å². The Hall–Kier alpha value is -0.613. The van der Waals surface area contributed by atoms with E-state index in [1.807, 2.05) is 0 Å². The highest BCUT2D eigenvalue weighted by Gasteiger charge is 2.12. The van der Waals surface area contributed by atoms with Crippen molar-refractivity contribution in [2.45, 2.75) is 25.7 Å². The molecular formula is C9H15ClN2OSi. The Kier molecular flexibility index (Phi) is 3.89. The minimum Gasteiger partial charge on any atom is -0.478 e. The number of ether oxygens (including phenoxy) is 1. The van der Waals surface area contributed by atoms with E-state index in [1.54, 1.807) is 6.07 Å². The Morgan fingerprint density at radius 3 is 2.64 bits per heavy atom. The van der Waals surface area contributed by atoms with Crippen LogP contribution in [0.15, 0.2) is 12.4 Å². The van der Waals surface area contributed by atoms with Crippen molar-refractivity contribution in [3.05, 3.63) is 17.5 Å². The third-order valence-electron chi connectivity index (χ3n) is 1.71. The molecule has 5 heteroatoms. The summed E-state index contributed by atoms with van der Waals surface area (Å²) >= 11 is 5.69. The van der Waals surface area contributed by atoms with Gasteiger partial charge in [-0.25, -0.2) is 9.97 Å². The first-order chi connectivity index (χ1) is 6.47. The molecule has 1 rings (SSSR count). The molecule has 0 aliphatic heterocycles. The van der Waals surface area contributed by atoms with Crippen LogP contribution >= 0.6 is 11.6 Å². The minimum absolute atomic E-state index is 0.419. The van der Waals surface area contributed by atoms with E-state index in [1.165, 1.54) is 6.33 Å². The lowest BCUT2D eigenvalue weighted by atomic mass is 10.6. The maximum Gasteiger partial charge on any atom is 0.217 e. The van der Waals surface area contributed by atoms with Crippen molar-refractivity contribution >= 4 is 19.7 Å². The Labute approximate surface area is 90.5 Å². The van der Waals surface area contributed by atoms with Gasteiger partial charge in [0.05, 0.1) is 6.61 Å². The molecule has 0 bridgehead atoms. The number of nitrogens with zero attached hydrogens (tertiary/aromatic N) is 2. The van der Waals surface area contributed by atoms with Crippen LogP contribution in [-0.4, -0.2) is 24.6 Å². The second-order valence-electron chi connectivity index (χ2n) is 4.34. The summed E-state index contributed by atoms with van der Waals surface area (Å²) in [4.78, 5) is 7.74. The van der Waals surface area contributed by atoms with Gasteiger partial charge in [0.15, 0.2) is 0 Å². The van der Waals surface area contributed by atoms with Crippen molar-refractivity contribution in [1.29, 1.82) is 0 Å². The van der Waals surface area contributed by atoms with Gasteiger partial charge in [0.1, 0.15) is 11.5 Å². The molecular weight excluding hydrogens is 216 g/mol. The molecule has 0 spiro atoms. The van der Waals surface area contributed by atoms with E-state index >= 15 is 0 Å². The smallest absolute Gasteiger partial charge is 0.217 e. The van der Waals surface area contributed by atoms with Gasteiger partial charge in [-0.1, -0.05) is 31.2 Å². The first-order valence-electron chi connectivity index (χ1n) is 4.58. The Bertz CT molecular complexity index is 301. The molecule has 0 aliphatic rings. The first-order valence-corrected chi connectivity index (χ1v) is 8.66. The van der Waals surface area contributed by atoms with Crippen LogP contribution < -0.4 is 4.74 Å². The number of halogens is 1. The highest BCUT2D eigenvalue weighted by Crippen LogP contribution is 2.13. The van der Waals surface area contributed by atoms with Crippen molar-refractivity contribution in [2.24, 2.45) is 0 Å². The molecule has 0 aliphatic carbocycles. The maximum atomic E-state index is 5.69. The zero-order valence-electron chi connectivity index (χ0n) is 8.75. The minimum atomic E-state index is -1.03. The van der Waals surface area contributed by atoms with E-state index in [2.05, 4.69) is 29.6 Å². The number of hydrogen-bond donors (Lipinski definition) is 0. The van der Waals surface area contributed by atoms with Crippen molar-refractivity contribution in [3.63, 3.8) is 0 Å². The standard InChI is InChI=1S/C9H15ClN2OSi/c1-14(2,3)5-4-13-9-6-8(10)11-7-12-9/h6-7H,4-5H2,1-3H3. The van der Waals surface area contributed by atoms with Gasteiger partial charge in [-0.15, -0.1) is 0 Å². The molecule has 0 radical (unpaired) electrons. The fourth-order valence-electron chi connectivity index (χ4n) is 0.858. The van der Waals surface area contributed by atoms with Gasteiger partial charge in [-0.2, -0.15) is 0 Å². The summed E-state index contributed by atoms with van der Waals surface area (Å²) in [5.41, 5.74) is 0. The molecule has 0 unspecified atom stereocenters. The first kappa shape index (κ1) is 11.5. The van der Waals surface area contributed by atoms with Gasteiger partial charge in [-0.3, -0.25) is 0 Å². The lowest BCUT2D eigenvalue weighted by Crippen LogP contribution is -2.22. The van der Waals surface area contributed by atoms with Crippen molar-refractivity contribution < 1.29 is 4.74 Å². The predicted octanol–water partition coefficient (Wildman–Crippen LogP) is 2.85. The number of hydrogen-bond acceptors (Lipinski definition) is 3. The van der Waals surface area contributed by atoms with Gasteiger partial charge < -0.3 is 4.74 Å². The van der Waals surface area contributed by atoms with Crippen LogP contribution in [0.4, 0.5) is 0 Å². The third-order valence-corrected chi connectivity index (χ3v) is 3.62. The quantitative estimate of drug-likeness (QED) is 0.590. The number of rotatable bonds is 4. The van der Waals surface area contributed by atoms with Crippen LogP contribution in [0.2, 0.25) is 30.8 Å². The molecule has 0 N–H and O–H groups in total. The SMILES string of the molecule is C[Si](C)(C)CCOc1cc(Cl)ncn1. The van der Waals surface area contributed by atoms with Crippen LogP contribution in [0.5, 0.6) is 5.88 Å². The lowest BCUT2D eigenvalue weighted by Gasteiger charge is -2.15. The highest BCUT2D eigenvalue weighted by molar-refractivity contribution is 6.76.